The summed E-state index contributed by atoms with van der Waals surface area (Å²) in [5, 5.41) is 9.36. The molecular formula is C11H14F2O2. The summed E-state index contributed by atoms with van der Waals surface area (Å²) in [5.41, 5.74) is 0.383. The molecule has 0 bridgehead atoms. The predicted octanol–water partition coefficient (Wildman–Crippen LogP) is 2.62. The van der Waals surface area contributed by atoms with Crippen LogP contribution >= 0.6 is 0 Å². The Kier molecular flexibility index (Phi) is 4.49. The van der Waals surface area contributed by atoms with Crippen molar-refractivity contribution in [3.8, 4) is 5.75 Å². The Morgan fingerprint density at radius 3 is 2.80 bits per heavy atom. The molecule has 0 saturated carbocycles. The minimum Gasteiger partial charge on any atom is -0.493 e. The Morgan fingerprint density at radius 1 is 1.47 bits per heavy atom. The van der Waals surface area contributed by atoms with Crippen LogP contribution in [0.1, 0.15) is 25.0 Å². The van der Waals surface area contributed by atoms with E-state index in [2.05, 4.69) is 0 Å². The lowest BCUT2D eigenvalue weighted by Crippen LogP contribution is -2.03. The second kappa shape index (κ2) is 5.66. The Balaban J connectivity index is 2.77. The maximum atomic E-state index is 12.9. The monoisotopic (exact) mass is 216 g/mol. The molecule has 4 heteroatoms. The van der Waals surface area contributed by atoms with Crippen molar-refractivity contribution < 1.29 is 18.6 Å². The minimum absolute atomic E-state index is 0.224. The highest BCUT2D eigenvalue weighted by Gasteiger charge is 2.10. The number of halogens is 2. The zero-order valence-corrected chi connectivity index (χ0v) is 8.54. The number of alkyl halides is 1. The molecule has 1 atom stereocenters. The third-order valence-corrected chi connectivity index (χ3v) is 1.96. The maximum absolute atomic E-state index is 12.9. The van der Waals surface area contributed by atoms with E-state index in [0.717, 1.165) is 0 Å². The molecule has 0 amide bonds. The van der Waals surface area contributed by atoms with Gasteiger partial charge in [-0.3, -0.25) is 4.39 Å². The van der Waals surface area contributed by atoms with Crippen molar-refractivity contribution in [2.24, 2.45) is 0 Å². The largest absolute Gasteiger partial charge is 0.493 e. The first-order valence-electron chi connectivity index (χ1n) is 4.81. The van der Waals surface area contributed by atoms with Gasteiger partial charge in [0.2, 0.25) is 0 Å². The van der Waals surface area contributed by atoms with E-state index in [4.69, 9.17) is 4.74 Å². The predicted molar refractivity (Wildman–Crippen MR) is 53.1 cm³/mol. The molecule has 1 unspecified atom stereocenters. The van der Waals surface area contributed by atoms with Gasteiger partial charge >= 0.3 is 0 Å². The summed E-state index contributed by atoms with van der Waals surface area (Å²) in [7, 11) is 0. The molecule has 1 N–H and O–H groups in total. The number of hydrogen-bond acceptors (Lipinski definition) is 2. The van der Waals surface area contributed by atoms with Gasteiger partial charge in [0, 0.05) is 12.0 Å². The summed E-state index contributed by atoms with van der Waals surface area (Å²) >= 11 is 0. The van der Waals surface area contributed by atoms with Gasteiger partial charge in [-0.15, -0.1) is 0 Å². The summed E-state index contributed by atoms with van der Waals surface area (Å²) < 4.78 is 29.9. The normalized spacial score (nSPS) is 12.5. The molecule has 0 heterocycles. The number of aliphatic hydroxyl groups excluding tert-OH is 1. The number of benzene rings is 1. The van der Waals surface area contributed by atoms with Crippen molar-refractivity contribution >= 4 is 0 Å². The lowest BCUT2D eigenvalue weighted by Gasteiger charge is -2.12. The van der Waals surface area contributed by atoms with Gasteiger partial charge in [0.25, 0.3) is 0 Å². The van der Waals surface area contributed by atoms with Crippen molar-refractivity contribution in [2.45, 2.75) is 19.4 Å². The Labute approximate surface area is 87.5 Å². The second-order valence-corrected chi connectivity index (χ2v) is 3.25. The van der Waals surface area contributed by atoms with Crippen LogP contribution in [0.25, 0.3) is 0 Å². The second-order valence-electron chi connectivity index (χ2n) is 3.25. The molecule has 0 fully saturated rings. The quantitative estimate of drug-likeness (QED) is 0.766. The molecule has 0 aromatic heterocycles. The average molecular weight is 216 g/mol. The van der Waals surface area contributed by atoms with Crippen LogP contribution in [0.15, 0.2) is 18.2 Å². The molecule has 0 radical (unpaired) electrons. The van der Waals surface area contributed by atoms with Gasteiger partial charge < -0.3 is 9.84 Å². The summed E-state index contributed by atoms with van der Waals surface area (Å²) in [5.74, 6) is -0.0245. The zero-order valence-electron chi connectivity index (χ0n) is 8.54. The summed E-state index contributed by atoms with van der Waals surface area (Å²) in [4.78, 5) is 0. The molecule has 1 aromatic rings. The highest BCUT2D eigenvalue weighted by atomic mass is 19.1. The molecule has 15 heavy (non-hydrogen) atoms. The molecule has 0 aliphatic carbocycles. The highest BCUT2D eigenvalue weighted by Crippen LogP contribution is 2.25. The van der Waals surface area contributed by atoms with E-state index in [9.17, 15) is 13.9 Å². The number of hydrogen-bond donors (Lipinski definition) is 1. The van der Waals surface area contributed by atoms with Gasteiger partial charge in [0.05, 0.1) is 19.4 Å². The Morgan fingerprint density at radius 2 is 2.20 bits per heavy atom. The SMILES string of the molecule is CC(O)c1cc(F)ccc1OCCCF. The lowest BCUT2D eigenvalue weighted by atomic mass is 10.1. The van der Waals surface area contributed by atoms with Crippen LogP contribution in [-0.4, -0.2) is 18.4 Å². The summed E-state index contributed by atoms with van der Waals surface area (Å²) in [6, 6.07) is 3.90. The van der Waals surface area contributed by atoms with Crippen molar-refractivity contribution in [3.63, 3.8) is 0 Å². The molecule has 1 aromatic carbocycles. The maximum Gasteiger partial charge on any atom is 0.125 e. The van der Waals surface area contributed by atoms with E-state index in [0.29, 0.717) is 11.3 Å². The average Bonchev–Trinajstić information content (AvgIpc) is 2.20. The summed E-state index contributed by atoms with van der Waals surface area (Å²) in [6.45, 7) is 1.30. The molecule has 1 rings (SSSR count). The van der Waals surface area contributed by atoms with Crippen LogP contribution < -0.4 is 4.74 Å². The van der Waals surface area contributed by atoms with Crippen LogP contribution in [0.4, 0.5) is 8.78 Å². The van der Waals surface area contributed by atoms with Gasteiger partial charge in [-0.25, -0.2) is 4.39 Å². The third kappa shape index (κ3) is 3.47. The third-order valence-electron chi connectivity index (χ3n) is 1.96. The highest BCUT2D eigenvalue weighted by molar-refractivity contribution is 5.35. The topological polar surface area (TPSA) is 29.5 Å². The van der Waals surface area contributed by atoms with E-state index < -0.39 is 18.6 Å². The van der Waals surface area contributed by atoms with Gasteiger partial charge in [-0.1, -0.05) is 0 Å². The van der Waals surface area contributed by atoms with E-state index in [-0.39, 0.29) is 13.0 Å². The zero-order chi connectivity index (χ0) is 11.3. The van der Waals surface area contributed by atoms with Gasteiger partial charge in [-0.2, -0.15) is 0 Å². The van der Waals surface area contributed by atoms with Gasteiger partial charge in [0.1, 0.15) is 11.6 Å². The Bertz CT molecular complexity index is 313. The fourth-order valence-corrected chi connectivity index (χ4v) is 1.21. The smallest absolute Gasteiger partial charge is 0.125 e. The molecule has 0 aliphatic rings. The van der Waals surface area contributed by atoms with E-state index in [1.807, 2.05) is 0 Å². The Hall–Kier alpha value is -1.16. The molecule has 2 nitrogen and oxygen atoms in total. The van der Waals surface area contributed by atoms with Crippen molar-refractivity contribution in [3.05, 3.63) is 29.6 Å². The van der Waals surface area contributed by atoms with E-state index >= 15 is 0 Å². The van der Waals surface area contributed by atoms with Gasteiger partial charge in [-0.05, 0) is 25.1 Å². The molecular weight excluding hydrogens is 202 g/mol. The first-order chi connectivity index (χ1) is 7.15. The van der Waals surface area contributed by atoms with E-state index in [1.54, 1.807) is 0 Å². The van der Waals surface area contributed by atoms with Crippen LogP contribution in [0, 0.1) is 5.82 Å². The van der Waals surface area contributed by atoms with Crippen LogP contribution in [-0.2, 0) is 0 Å². The van der Waals surface area contributed by atoms with Crippen molar-refractivity contribution in [1.82, 2.24) is 0 Å². The van der Waals surface area contributed by atoms with Crippen LogP contribution in [0.3, 0.4) is 0 Å². The van der Waals surface area contributed by atoms with Crippen LogP contribution in [0.2, 0.25) is 0 Å². The first kappa shape index (κ1) is 11.9. The fraction of sp³-hybridized carbons (Fsp3) is 0.455. The minimum atomic E-state index is -0.805. The van der Waals surface area contributed by atoms with Crippen LogP contribution in [0.5, 0.6) is 5.75 Å². The van der Waals surface area contributed by atoms with Crippen molar-refractivity contribution in [2.75, 3.05) is 13.3 Å². The van der Waals surface area contributed by atoms with E-state index in [1.165, 1.54) is 25.1 Å². The molecule has 84 valence electrons. The van der Waals surface area contributed by atoms with Crippen molar-refractivity contribution in [1.29, 1.82) is 0 Å². The molecule has 0 spiro atoms. The number of aliphatic hydroxyl groups is 1. The lowest BCUT2D eigenvalue weighted by molar-refractivity contribution is 0.189. The standard InChI is InChI=1S/C11H14F2O2/c1-8(14)10-7-9(13)3-4-11(10)15-6-2-5-12/h3-4,7-8,14H,2,5-6H2,1H3. The number of rotatable bonds is 5. The molecule has 0 saturated heterocycles. The van der Waals surface area contributed by atoms with Gasteiger partial charge in [0.15, 0.2) is 0 Å². The number of ether oxygens (including phenoxy) is 1. The molecule has 0 aliphatic heterocycles. The fourth-order valence-electron chi connectivity index (χ4n) is 1.21. The first-order valence-corrected chi connectivity index (χ1v) is 4.81. The summed E-state index contributed by atoms with van der Waals surface area (Å²) in [6.07, 6.45) is -0.516.